The zero-order valence-corrected chi connectivity index (χ0v) is 15.7. The van der Waals surface area contributed by atoms with Gasteiger partial charge in [-0.1, -0.05) is 43.2 Å². The number of carbonyl (C=O) groups is 2. The van der Waals surface area contributed by atoms with Crippen molar-refractivity contribution in [3.8, 4) is 0 Å². The van der Waals surface area contributed by atoms with E-state index in [0.29, 0.717) is 23.1 Å². The van der Waals surface area contributed by atoms with Crippen molar-refractivity contribution in [1.82, 2.24) is 0 Å². The van der Waals surface area contributed by atoms with Gasteiger partial charge >= 0.3 is 11.9 Å². The van der Waals surface area contributed by atoms with Crippen molar-refractivity contribution >= 4 is 11.9 Å². The first-order valence-corrected chi connectivity index (χ1v) is 9.24. The molecule has 1 unspecified atom stereocenters. The number of carboxylic acid groups (broad SMARTS) is 1. The highest BCUT2D eigenvalue weighted by molar-refractivity contribution is 5.81. The van der Waals surface area contributed by atoms with Crippen molar-refractivity contribution in [2.45, 2.75) is 37.7 Å². The van der Waals surface area contributed by atoms with Gasteiger partial charge in [-0.25, -0.2) is 4.79 Å². The van der Waals surface area contributed by atoms with Crippen LogP contribution >= 0.6 is 0 Å². The van der Waals surface area contributed by atoms with Crippen LogP contribution in [0.1, 0.15) is 37.7 Å². The van der Waals surface area contributed by atoms with Gasteiger partial charge in [0.15, 0.2) is 5.60 Å². The molecule has 2 N–H and O–H groups in total. The van der Waals surface area contributed by atoms with E-state index in [0.717, 1.165) is 25.7 Å². The third-order valence-electron chi connectivity index (χ3n) is 5.33. The monoisotopic (exact) mass is 364 g/mol. The van der Waals surface area contributed by atoms with Crippen LogP contribution in [0.3, 0.4) is 0 Å². The van der Waals surface area contributed by atoms with Crippen molar-refractivity contribution in [3.05, 3.63) is 35.9 Å². The van der Waals surface area contributed by atoms with Gasteiger partial charge in [0.1, 0.15) is 13.2 Å². The number of carboxylic acids is 1. The highest BCUT2D eigenvalue weighted by Gasteiger charge is 2.47. The van der Waals surface area contributed by atoms with E-state index >= 15 is 0 Å². The second-order valence-corrected chi connectivity index (χ2v) is 7.78. The average molecular weight is 364 g/mol. The molecule has 144 valence electrons. The summed E-state index contributed by atoms with van der Waals surface area (Å²) in [4.78, 5) is 23.6. The van der Waals surface area contributed by atoms with E-state index in [1.807, 2.05) is 32.3 Å². The molecule has 0 saturated heterocycles. The summed E-state index contributed by atoms with van der Waals surface area (Å²) in [5.74, 6) is -1.58. The fourth-order valence-electron chi connectivity index (χ4n) is 3.56. The van der Waals surface area contributed by atoms with Crippen molar-refractivity contribution in [2.24, 2.45) is 5.92 Å². The van der Waals surface area contributed by atoms with Gasteiger partial charge in [0.25, 0.3) is 0 Å². The Morgan fingerprint density at radius 3 is 2.35 bits per heavy atom. The quantitative estimate of drug-likeness (QED) is 0.518. The largest absolute Gasteiger partial charge is 0.481 e. The molecule has 6 nitrogen and oxygen atoms in total. The molecule has 1 aromatic rings. The molecular formula is C20H30NO5+. The van der Waals surface area contributed by atoms with E-state index in [9.17, 15) is 14.7 Å². The lowest BCUT2D eigenvalue weighted by molar-refractivity contribution is -0.889. The molecule has 0 aromatic heterocycles. The van der Waals surface area contributed by atoms with E-state index in [1.54, 1.807) is 12.1 Å². The summed E-state index contributed by atoms with van der Waals surface area (Å²) in [6.45, 7) is 1.10. The number of quaternary nitrogens is 1. The summed E-state index contributed by atoms with van der Waals surface area (Å²) in [5.41, 5.74) is -1.03. The van der Waals surface area contributed by atoms with Crippen molar-refractivity contribution < 1.29 is 29.0 Å². The van der Waals surface area contributed by atoms with Crippen molar-refractivity contribution in [1.29, 1.82) is 0 Å². The first kappa shape index (κ1) is 20.4. The van der Waals surface area contributed by atoms with Gasteiger partial charge in [-0.2, -0.15) is 0 Å². The third-order valence-corrected chi connectivity index (χ3v) is 5.33. The second-order valence-electron chi connectivity index (χ2n) is 7.78. The Morgan fingerprint density at radius 1 is 1.15 bits per heavy atom. The highest BCUT2D eigenvalue weighted by atomic mass is 16.5. The summed E-state index contributed by atoms with van der Waals surface area (Å²) < 4.78 is 5.90. The lowest BCUT2D eigenvalue weighted by Crippen LogP contribution is -2.47. The summed E-state index contributed by atoms with van der Waals surface area (Å²) in [5, 5.41) is 20.1. The maximum Gasteiger partial charge on any atom is 0.343 e. The molecule has 0 bridgehead atoms. The molecule has 1 aliphatic carbocycles. The molecule has 1 saturated carbocycles. The number of carbonyl (C=O) groups excluding carboxylic acids is 1. The number of aliphatic hydroxyl groups is 1. The van der Waals surface area contributed by atoms with Crippen LogP contribution < -0.4 is 0 Å². The summed E-state index contributed by atoms with van der Waals surface area (Å²) in [6.07, 6.45) is 3.69. The van der Waals surface area contributed by atoms with Gasteiger partial charge in [-0.3, -0.25) is 4.79 Å². The number of aliphatic carboxylic acids is 1. The van der Waals surface area contributed by atoms with Crippen LogP contribution in [0.5, 0.6) is 0 Å². The molecule has 26 heavy (non-hydrogen) atoms. The summed E-state index contributed by atoms with van der Waals surface area (Å²) in [7, 11) is 3.80. The first-order chi connectivity index (χ1) is 12.3. The predicted molar refractivity (Wildman–Crippen MR) is 97.4 cm³/mol. The van der Waals surface area contributed by atoms with Crippen LogP contribution in [0.15, 0.2) is 30.3 Å². The van der Waals surface area contributed by atoms with Crippen molar-refractivity contribution in [2.75, 3.05) is 33.8 Å². The number of benzene rings is 1. The minimum absolute atomic E-state index is 0.0664. The molecule has 0 amide bonds. The van der Waals surface area contributed by atoms with Crippen LogP contribution in [-0.2, 0) is 19.9 Å². The molecule has 2 rings (SSSR count). The Balaban J connectivity index is 2.02. The molecule has 0 heterocycles. The Kier molecular flexibility index (Phi) is 6.78. The second kappa shape index (κ2) is 8.64. The number of ether oxygens (including phenoxy) is 1. The van der Waals surface area contributed by atoms with Crippen LogP contribution in [0, 0.1) is 5.92 Å². The van der Waals surface area contributed by atoms with Gasteiger partial charge in [-0.15, -0.1) is 0 Å². The van der Waals surface area contributed by atoms with Gasteiger partial charge in [0.05, 0.1) is 27.1 Å². The van der Waals surface area contributed by atoms with E-state index in [1.165, 1.54) is 0 Å². The van der Waals surface area contributed by atoms with E-state index < -0.39 is 17.5 Å². The molecule has 6 heteroatoms. The topological polar surface area (TPSA) is 83.8 Å². The Morgan fingerprint density at radius 2 is 1.77 bits per heavy atom. The van der Waals surface area contributed by atoms with Crippen LogP contribution in [-0.4, -0.2) is 60.4 Å². The molecule has 1 fully saturated rings. The maximum absolute atomic E-state index is 12.8. The molecule has 1 aliphatic rings. The number of hydrogen-bond donors (Lipinski definition) is 2. The minimum atomic E-state index is -1.62. The van der Waals surface area contributed by atoms with Gasteiger partial charge in [0, 0.05) is 5.92 Å². The SMILES string of the molecule is C[N+](C)(CCOC(=O)C(O)(c1ccccc1)C1CCCC1)CCC(=O)O. The standard InChI is InChI=1S/C20H29NO5/c1-21(2,13-12-18(22)23)14-15-26-19(24)20(25,17-10-6-7-11-17)16-8-4-3-5-9-16/h3-5,8-9,17,25H,6-7,10-15H2,1-2H3/p+1. The average Bonchev–Trinajstić information content (AvgIpc) is 3.15. The summed E-state index contributed by atoms with van der Waals surface area (Å²) in [6, 6.07) is 9.02. The Bertz CT molecular complexity index is 610. The molecule has 0 aliphatic heterocycles. The molecule has 0 radical (unpaired) electrons. The fraction of sp³-hybridized carbons (Fsp3) is 0.600. The molecular weight excluding hydrogens is 334 g/mol. The summed E-state index contributed by atoms with van der Waals surface area (Å²) >= 11 is 0. The number of nitrogens with zero attached hydrogens (tertiary/aromatic N) is 1. The van der Waals surface area contributed by atoms with E-state index in [-0.39, 0.29) is 18.9 Å². The van der Waals surface area contributed by atoms with E-state index in [4.69, 9.17) is 9.84 Å². The first-order valence-electron chi connectivity index (χ1n) is 9.24. The fourth-order valence-corrected chi connectivity index (χ4v) is 3.56. The minimum Gasteiger partial charge on any atom is -0.481 e. The predicted octanol–water partition coefficient (Wildman–Crippen LogP) is 2.16. The molecule has 1 atom stereocenters. The van der Waals surface area contributed by atoms with Crippen LogP contribution in [0.2, 0.25) is 0 Å². The van der Waals surface area contributed by atoms with Crippen molar-refractivity contribution in [3.63, 3.8) is 0 Å². The normalized spacial score (nSPS) is 17.7. The zero-order valence-electron chi connectivity index (χ0n) is 15.7. The van der Waals surface area contributed by atoms with Gasteiger partial charge in [-0.05, 0) is 18.4 Å². The van der Waals surface area contributed by atoms with Crippen LogP contribution in [0.25, 0.3) is 0 Å². The molecule has 0 spiro atoms. The smallest absolute Gasteiger partial charge is 0.343 e. The third kappa shape index (κ3) is 5.05. The molecule has 1 aromatic carbocycles. The zero-order chi connectivity index (χ0) is 19.2. The van der Waals surface area contributed by atoms with E-state index in [2.05, 4.69) is 0 Å². The number of esters is 1. The number of likely N-dealkylation sites (N-methyl/N-ethyl adjacent to an activating group) is 1. The Labute approximate surface area is 155 Å². The lowest BCUT2D eigenvalue weighted by Gasteiger charge is -2.33. The maximum atomic E-state index is 12.8. The number of rotatable bonds is 9. The highest BCUT2D eigenvalue weighted by Crippen LogP contribution is 2.41. The lowest BCUT2D eigenvalue weighted by atomic mass is 9.80. The Hall–Kier alpha value is -1.92. The van der Waals surface area contributed by atoms with Gasteiger partial charge in [0.2, 0.25) is 0 Å². The van der Waals surface area contributed by atoms with Crippen LogP contribution in [0.4, 0.5) is 0 Å². The van der Waals surface area contributed by atoms with Gasteiger partial charge < -0.3 is 19.4 Å². The number of hydrogen-bond acceptors (Lipinski definition) is 4.